The lowest BCUT2D eigenvalue weighted by Crippen LogP contribution is -2.35. The van der Waals surface area contributed by atoms with Crippen LogP contribution in [0, 0.1) is 5.82 Å². The Morgan fingerprint density at radius 2 is 2.00 bits per heavy atom. The fraction of sp³-hybridized carbons (Fsp3) is 0.409. The van der Waals surface area contributed by atoms with E-state index in [1.807, 2.05) is 6.07 Å². The molecule has 7 heteroatoms. The molecule has 1 fully saturated rings. The van der Waals surface area contributed by atoms with Crippen LogP contribution >= 0.6 is 0 Å². The van der Waals surface area contributed by atoms with Gasteiger partial charge in [0.2, 0.25) is 0 Å². The number of fused-ring (bicyclic) bond motifs is 1. The lowest BCUT2D eigenvalue weighted by atomic mass is 9.86. The highest BCUT2D eigenvalue weighted by Gasteiger charge is 2.35. The van der Waals surface area contributed by atoms with Gasteiger partial charge in [-0.3, -0.25) is 4.79 Å². The Bertz CT molecular complexity index is 925. The molecule has 0 bridgehead atoms. The van der Waals surface area contributed by atoms with Crippen molar-refractivity contribution in [1.29, 1.82) is 0 Å². The quantitative estimate of drug-likeness (QED) is 0.834. The Morgan fingerprint density at radius 1 is 1.24 bits per heavy atom. The van der Waals surface area contributed by atoms with Gasteiger partial charge in [0.05, 0.1) is 5.60 Å². The fourth-order valence-corrected chi connectivity index (χ4v) is 4.04. The van der Waals surface area contributed by atoms with Crippen LogP contribution < -0.4 is 9.64 Å². The van der Waals surface area contributed by atoms with Gasteiger partial charge in [-0.15, -0.1) is 0 Å². The fourth-order valence-electron chi connectivity index (χ4n) is 4.04. The van der Waals surface area contributed by atoms with Crippen LogP contribution in [0.2, 0.25) is 0 Å². The van der Waals surface area contributed by atoms with Crippen LogP contribution in [0.1, 0.15) is 35.6 Å². The highest BCUT2D eigenvalue weighted by molar-refractivity contribution is 6.03. The molecule has 2 heterocycles. The van der Waals surface area contributed by atoms with E-state index in [9.17, 15) is 14.3 Å². The van der Waals surface area contributed by atoms with Crippen LogP contribution in [0.4, 0.5) is 10.1 Å². The molecule has 4 rings (SSSR count). The first kappa shape index (κ1) is 19.8. The molecular weight excluding hydrogens is 377 g/mol. The maximum absolute atomic E-state index is 14.3. The first-order valence-corrected chi connectivity index (χ1v) is 9.59. The minimum atomic E-state index is -1.16. The van der Waals surface area contributed by atoms with E-state index < -0.39 is 17.5 Å². The predicted molar refractivity (Wildman–Crippen MR) is 104 cm³/mol. The summed E-state index contributed by atoms with van der Waals surface area (Å²) in [6, 6.07) is 9.98. The third kappa shape index (κ3) is 3.61. The molecule has 1 atom stereocenters. The lowest BCUT2D eigenvalue weighted by molar-refractivity contribution is -0.125. The average molecular weight is 401 g/mol. The van der Waals surface area contributed by atoms with Crippen LogP contribution in [0.5, 0.6) is 5.75 Å². The number of hydrogen-bond acceptors (Lipinski definition) is 5. The second-order valence-corrected chi connectivity index (χ2v) is 7.47. The Balaban J connectivity index is 1.54. The van der Waals surface area contributed by atoms with Crippen LogP contribution in [0.3, 0.4) is 0 Å². The number of rotatable bonds is 5. The highest BCUT2D eigenvalue weighted by atomic mass is 19.1. The molecule has 0 aromatic heterocycles. The summed E-state index contributed by atoms with van der Waals surface area (Å²) < 4.78 is 31.3. The van der Waals surface area contributed by atoms with Gasteiger partial charge in [0, 0.05) is 57.5 Å². The molecular formula is C22H24FNO5. The van der Waals surface area contributed by atoms with E-state index in [4.69, 9.17) is 14.2 Å². The van der Waals surface area contributed by atoms with Crippen LogP contribution in [0.15, 0.2) is 36.4 Å². The van der Waals surface area contributed by atoms with Gasteiger partial charge in [-0.1, -0.05) is 6.07 Å². The molecule has 0 aliphatic carbocycles. The van der Waals surface area contributed by atoms with E-state index in [2.05, 4.69) is 0 Å². The van der Waals surface area contributed by atoms with Crippen molar-refractivity contribution < 1.29 is 28.5 Å². The number of amides is 1. The number of ether oxygens (including phenoxy) is 3. The van der Waals surface area contributed by atoms with E-state index in [1.54, 1.807) is 32.4 Å². The zero-order valence-corrected chi connectivity index (χ0v) is 16.5. The normalized spacial score (nSPS) is 20.6. The van der Waals surface area contributed by atoms with Crippen molar-refractivity contribution in [2.45, 2.75) is 31.2 Å². The van der Waals surface area contributed by atoms with E-state index in [0.29, 0.717) is 43.1 Å². The maximum Gasteiger partial charge on any atom is 0.260 e. The van der Waals surface area contributed by atoms with E-state index in [1.165, 1.54) is 17.0 Å². The number of anilines is 1. The van der Waals surface area contributed by atoms with Crippen molar-refractivity contribution in [2.75, 3.05) is 32.3 Å². The number of benzene rings is 2. The molecule has 29 heavy (non-hydrogen) atoms. The molecule has 0 radical (unpaired) electrons. The van der Waals surface area contributed by atoms with Crippen LogP contribution in [-0.4, -0.2) is 38.4 Å². The largest absolute Gasteiger partial charge is 0.489 e. The minimum absolute atomic E-state index is 0.184. The van der Waals surface area contributed by atoms with Crippen molar-refractivity contribution in [2.24, 2.45) is 0 Å². The van der Waals surface area contributed by atoms with Gasteiger partial charge in [-0.05, 0) is 35.4 Å². The summed E-state index contributed by atoms with van der Waals surface area (Å²) in [7, 11) is 3.26. The molecule has 1 unspecified atom stereocenters. The second-order valence-electron chi connectivity index (χ2n) is 7.47. The smallest absolute Gasteiger partial charge is 0.260 e. The van der Waals surface area contributed by atoms with Crippen molar-refractivity contribution in [3.05, 3.63) is 58.9 Å². The zero-order valence-electron chi connectivity index (χ0n) is 16.5. The molecule has 0 spiro atoms. The Kier molecular flexibility index (Phi) is 5.29. The second kappa shape index (κ2) is 7.74. The summed E-state index contributed by atoms with van der Waals surface area (Å²) in [4.78, 5) is 13.4. The summed E-state index contributed by atoms with van der Waals surface area (Å²) in [6.45, 7) is 1.31. The van der Waals surface area contributed by atoms with Crippen LogP contribution in [-0.2, 0) is 26.5 Å². The van der Waals surface area contributed by atoms with Gasteiger partial charge >= 0.3 is 0 Å². The molecule has 1 saturated heterocycles. The maximum atomic E-state index is 14.3. The summed E-state index contributed by atoms with van der Waals surface area (Å²) >= 11 is 0. The Morgan fingerprint density at radius 3 is 2.72 bits per heavy atom. The summed E-state index contributed by atoms with van der Waals surface area (Å²) in [5.74, 6) is -0.344. The first-order chi connectivity index (χ1) is 13.9. The molecule has 1 amide bonds. The Hall–Kier alpha value is -2.48. The zero-order chi connectivity index (χ0) is 20.6. The first-order valence-electron chi connectivity index (χ1n) is 9.59. The van der Waals surface area contributed by atoms with Gasteiger partial charge in [0.25, 0.3) is 5.91 Å². The molecule has 1 N–H and O–H groups in total. The monoisotopic (exact) mass is 401 g/mol. The van der Waals surface area contributed by atoms with Crippen molar-refractivity contribution in [3.8, 4) is 5.75 Å². The van der Waals surface area contributed by atoms with E-state index in [-0.39, 0.29) is 12.5 Å². The predicted octanol–water partition coefficient (Wildman–Crippen LogP) is 3.07. The number of aliphatic hydroxyl groups is 1. The van der Waals surface area contributed by atoms with Crippen molar-refractivity contribution in [3.63, 3.8) is 0 Å². The third-order valence-electron chi connectivity index (χ3n) is 5.81. The third-order valence-corrected chi connectivity index (χ3v) is 5.81. The molecule has 2 aliphatic rings. The molecule has 2 aromatic rings. The molecule has 0 saturated carbocycles. The minimum Gasteiger partial charge on any atom is -0.489 e. The number of nitrogens with zero attached hydrogens (tertiary/aromatic N) is 1. The topological polar surface area (TPSA) is 68.2 Å². The number of methoxy groups -OCH3 is 1. The van der Waals surface area contributed by atoms with Gasteiger partial charge in [0.15, 0.2) is 6.10 Å². The van der Waals surface area contributed by atoms with Crippen molar-refractivity contribution >= 4 is 11.6 Å². The lowest BCUT2D eigenvalue weighted by Gasteiger charge is -2.36. The number of hydrogen-bond donors (Lipinski definition) is 1. The number of likely N-dealkylation sites (N-methyl/N-ethyl adjacent to an activating group) is 1. The summed E-state index contributed by atoms with van der Waals surface area (Å²) in [6.07, 6.45) is 0.138. The number of carbonyl (C=O) groups excluding carboxylic acids is 1. The summed E-state index contributed by atoms with van der Waals surface area (Å²) in [5, 5.41) is 10.1. The number of halogens is 1. The SMILES string of the molecule is COC1(c2cc(F)cc(OCc3ccc4c(c3)C(O)C(=O)N4C)c2)CCOCC1. The van der Waals surface area contributed by atoms with Gasteiger partial charge in [0.1, 0.15) is 18.2 Å². The standard InChI is InChI=1S/C22H24FNO5/c1-24-19-4-3-14(9-18(19)20(25)21(24)26)13-29-17-11-15(10-16(23)12-17)22(27-2)5-7-28-8-6-22/h3-4,9-12,20,25H,5-8,13H2,1-2H3. The van der Waals surface area contributed by atoms with Crippen LogP contribution in [0.25, 0.3) is 0 Å². The molecule has 2 aliphatic heterocycles. The van der Waals surface area contributed by atoms with E-state index in [0.717, 1.165) is 11.1 Å². The number of aliphatic hydroxyl groups excluding tert-OH is 1. The highest BCUT2D eigenvalue weighted by Crippen LogP contribution is 2.38. The summed E-state index contributed by atoms with van der Waals surface area (Å²) in [5.41, 5.74) is 2.17. The van der Waals surface area contributed by atoms with Gasteiger partial charge in [-0.2, -0.15) is 0 Å². The average Bonchev–Trinajstić information content (AvgIpc) is 2.96. The molecule has 154 valence electrons. The number of carbonyl (C=O) groups is 1. The van der Waals surface area contributed by atoms with E-state index >= 15 is 0 Å². The Labute approximate surface area is 168 Å². The van der Waals surface area contributed by atoms with Gasteiger partial charge < -0.3 is 24.2 Å². The molecule has 6 nitrogen and oxygen atoms in total. The van der Waals surface area contributed by atoms with Gasteiger partial charge in [-0.25, -0.2) is 4.39 Å². The molecule has 2 aromatic carbocycles. The van der Waals surface area contributed by atoms with Crippen molar-refractivity contribution in [1.82, 2.24) is 0 Å².